The van der Waals surface area contributed by atoms with Gasteiger partial charge in [-0.15, -0.1) is 0 Å². The number of benzene rings is 3. The number of nitrogens with zero attached hydrogens (tertiary/aromatic N) is 2. The van der Waals surface area contributed by atoms with E-state index in [2.05, 4.69) is 19.9 Å². The maximum atomic E-state index is 15.4. The molecule has 0 amide bonds. The molecule has 0 unspecified atom stereocenters. The zero-order valence-corrected chi connectivity index (χ0v) is 24.6. The van der Waals surface area contributed by atoms with Gasteiger partial charge in [-0.25, -0.2) is 53.9 Å². The van der Waals surface area contributed by atoms with Gasteiger partial charge >= 0.3 is 0 Å². The molecule has 8 rings (SSSR count). The summed E-state index contributed by atoms with van der Waals surface area (Å²) in [6, 6.07) is 12.4. The van der Waals surface area contributed by atoms with Gasteiger partial charge in [-0.2, -0.15) is 0 Å². The minimum Gasteiger partial charge on any atom is -0.354 e. The smallest absolute Gasteiger partial charge is 0.200 e. The molecular formula is C36H14F10N4. The van der Waals surface area contributed by atoms with Gasteiger partial charge in [0.2, 0.25) is 11.6 Å². The van der Waals surface area contributed by atoms with Crippen LogP contribution in [0.3, 0.4) is 0 Å². The maximum absolute atomic E-state index is 15.4. The summed E-state index contributed by atoms with van der Waals surface area (Å²) < 4.78 is 148. The van der Waals surface area contributed by atoms with Crippen LogP contribution in [-0.4, -0.2) is 19.9 Å². The van der Waals surface area contributed by atoms with Crippen LogP contribution in [0.1, 0.15) is 22.8 Å². The molecule has 6 aromatic rings. The Morgan fingerprint density at radius 2 is 0.700 bits per heavy atom. The van der Waals surface area contributed by atoms with E-state index < -0.39 is 91.5 Å². The molecule has 3 aromatic heterocycles. The summed E-state index contributed by atoms with van der Waals surface area (Å²) in [5.74, 6) is -22.7. The van der Waals surface area contributed by atoms with E-state index in [9.17, 15) is 26.3 Å². The summed E-state index contributed by atoms with van der Waals surface area (Å²) >= 11 is 0. The normalized spacial score (nSPS) is 12.4. The van der Waals surface area contributed by atoms with Gasteiger partial charge in [-0.1, -0.05) is 24.3 Å². The number of hydrogen-bond acceptors (Lipinski definition) is 2. The zero-order valence-electron chi connectivity index (χ0n) is 24.6. The second kappa shape index (κ2) is 11.2. The molecule has 14 heteroatoms. The molecule has 0 fully saturated rings. The first-order chi connectivity index (χ1) is 23.9. The number of aromatic nitrogens is 4. The van der Waals surface area contributed by atoms with E-state index in [1.54, 1.807) is 36.4 Å². The number of fused-ring (bicyclic) bond motifs is 11. The molecule has 4 nitrogen and oxygen atoms in total. The maximum Gasteiger partial charge on any atom is 0.200 e. The van der Waals surface area contributed by atoms with Gasteiger partial charge in [0.15, 0.2) is 46.5 Å². The Kier molecular flexibility index (Phi) is 6.96. The van der Waals surface area contributed by atoms with Crippen molar-refractivity contribution >= 4 is 57.1 Å². The second-order valence-electron chi connectivity index (χ2n) is 11.2. The number of halogens is 10. The van der Waals surface area contributed by atoms with Gasteiger partial charge in [0.05, 0.1) is 33.9 Å². The monoisotopic (exact) mass is 692 g/mol. The van der Waals surface area contributed by atoms with Gasteiger partial charge in [0.25, 0.3) is 0 Å². The number of hydrogen-bond donors (Lipinski definition) is 2. The van der Waals surface area contributed by atoms with Crippen LogP contribution in [-0.2, 0) is 0 Å². The fraction of sp³-hybridized carbons (Fsp3) is 0. The van der Waals surface area contributed by atoms with Crippen molar-refractivity contribution in [3.8, 4) is 22.3 Å². The average Bonchev–Trinajstić information content (AvgIpc) is 3.94. The van der Waals surface area contributed by atoms with Gasteiger partial charge in [-0.05, 0) is 48.6 Å². The second-order valence-corrected chi connectivity index (χ2v) is 11.2. The van der Waals surface area contributed by atoms with Gasteiger partial charge < -0.3 is 9.97 Å². The third-order valence-electron chi connectivity index (χ3n) is 8.34. The van der Waals surface area contributed by atoms with Crippen molar-refractivity contribution < 1.29 is 43.9 Å². The molecule has 5 heterocycles. The molecule has 0 saturated heterocycles. The Labute approximate surface area is 272 Å². The van der Waals surface area contributed by atoms with Crippen LogP contribution in [0.4, 0.5) is 43.9 Å². The topological polar surface area (TPSA) is 57.4 Å². The Bertz CT molecular complexity index is 2490. The summed E-state index contributed by atoms with van der Waals surface area (Å²) in [6.07, 6.45) is 5.32. The van der Waals surface area contributed by atoms with Crippen LogP contribution in [0.2, 0.25) is 0 Å². The third kappa shape index (κ3) is 4.55. The molecule has 2 aliphatic heterocycles. The first-order valence-corrected chi connectivity index (χ1v) is 14.5. The summed E-state index contributed by atoms with van der Waals surface area (Å²) in [5, 5.41) is 1.37. The highest BCUT2D eigenvalue weighted by Gasteiger charge is 2.31. The SMILES string of the molecule is Fc1c(F)c(F)c(-c2c3nc(cc4[nH]c(cc5nc(c(-c6c(F)c(F)c(F)c(F)c6F)c6ccc2[nH]6)C=C5)c2ccccc42)C=C3)c(F)c1F. The van der Waals surface area contributed by atoms with E-state index in [4.69, 9.17) is 0 Å². The number of rotatable bonds is 2. The first kappa shape index (κ1) is 31.1. The van der Waals surface area contributed by atoms with Crippen LogP contribution in [0.15, 0.2) is 48.5 Å². The van der Waals surface area contributed by atoms with Gasteiger partial charge in [0.1, 0.15) is 0 Å². The van der Waals surface area contributed by atoms with Crippen LogP contribution < -0.4 is 0 Å². The average molecular weight is 693 g/mol. The molecular weight excluding hydrogens is 678 g/mol. The molecule has 0 radical (unpaired) electrons. The molecule has 3 aromatic carbocycles. The fourth-order valence-electron chi connectivity index (χ4n) is 6.09. The highest BCUT2D eigenvalue weighted by atomic mass is 19.2. The molecule has 0 saturated carbocycles. The Morgan fingerprint density at radius 3 is 1.08 bits per heavy atom. The molecule has 8 bridgehead atoms. The third-order valence-corrected chi connectivity index (χ3v) is 8.34. The van der Waals surface area contributed by atoms with Crippen molar-refractivity contribution in [2.24, 2.45) is 0 Å². The highest BCUT2D eigenvalue weighted by Crippen LogP contribution is 2.40. The van der Waals surface area contributed by atoms with E-state index in [1.807, 2.05) is 0 Å². The van der Waals surface area contributed by atoms with Crippen molar-refractivity contribution in [1.82, 2.24) is 19.9 Å². The lowest BCUT2D eigenvalue weighted by Gasteiger charge is -2.11. The quantitative estimate of drug-likeness (QED) is 0.108. The van der Waals surface area contributed by atoms with Crippen LogP contribution in [0, 0.1) is 58.2 Å². The van der Waals surface area contributed by atoms with E-state index >= 15 is 17.6 Å². The molecule has 0 spiro atoms. The standard InChI is InChI=1S/C36H14F10N4/c37-27-25(28(38)32(42)35(45)31(27)41)23-17-7-5-13(47-17)11-21-15-3-1-2-4-16(15)22(50-21)12-14-6-8-18(48-14)24(20-10-9-19(23)49-20)26-29(39)33(43)36(46)34(44)30(26)40/h1-12,49-50H. The van der Waals surface area contributed by atoms with Crippen LogP contribution in [0.25, 0.3) is 79.4 Å². The van der Waals surface area contributed by atoms with E-state index in [-0.39, 0.29) is 22.8 Å². The van der Waals surface area contributed by atoms with Crippen molar-refractivity contribution in [3.63, 3.8) is 0 Å². The van der Waals surface area contributed by atoms with Crippen molar-refractivity contribution in [1.29, 1.82) is 0 Å². The lowest BCUT2D eigenvalue weighted by atomic mass is 10.0. The molecule has 0 aliphatic carbocycles. The number of aromatic amines is 2. The number of nitrogens with one attached hydrogen (secondary N) is 2. The van der Waals surface area contributed by atoms with E-state index in [1.165, 1.54) is 24.3 Å². The number of H-pyrrole nitrogens is 2. The first-order valence-electron chi connectivity index (χ1n) is 14.5. The van der Waals surface area contributed by atoms with Crippen molar-refractivity contribution in [2.45, 2.75) is 0 Å². The Balaban J connectivity index is 1.62. The lowest BCUT2D eigenvalue weighted by Crippen LogP contribution is -2.05. The van der Waals surface area contributed by atoms with Gasteiger partial charge in [0, 0.05) is 44.0 Å². The largest absolute Gasteiger partial charge is 0.354 e. The van der Waals surface area contributed by atoms with Crippen LogP contribution >= 0.6 is 0 Å². The minimum atomic E-state index is -2.42. The Hall–Kier alpha value is -6.18. The van der Waals surface area contributed by atoms with Crippen molar-refractivity contribution in [3.05, 3.63) is 129 Å². The minimum absolute atomic E-state index is 0.196. The summed E-state index contributed by atoms with van der Waals surface area (Å²) in [5.41, 5.74) is -4.12. The lowest BCUT2D eigenvalue weighted by molar-refractivity contribution is 0.381. The summed E-state index contributed by atoms with van der Waals surface area (Å²) in [7, 11) is 0. The zero-order chi connectivity index (χ0) is 35.2. The predicted octanol–water partition coefficient (Wildman–Crippen LogP) is 10.5. The molecule has 50 heavy (non-hydrogen) atoms. The Morgan fingerprint density at radius 1 is 0.360 bits per heavy atom. The predicted molar refractivity (Wildman–Crippen MR) is 167 cm³/mol. The molecule has 2 N–H and O–H groups in total. The molecule has 248 valence electrons. The van der Waals surface area contributed by atoms with Crippen LogP contribution in [0.5, 0.6) is 0 Å². The molecule has 2 aliphatic rings. The highest BCUT2D eigenvalue weighted by molar-refractivity contribution is 6.07. The van der Waals surface area contributed by atoms with E-state index in [0.717, 1.165) is 12.1 Å². The summed E-state index contributed by atoms with van der Waals surface area (Å²) in [6.45, 7) is 0. The fourth-order valence-corrected chi connectivity index (χ4v) is 6.09. The van der Waals surface area contributed by atoms with E-state index in [0.29, 0.717) is 21.8 Å². The summed E-state index contributed by atoms with van der Waals surface area (Å²) in [4.78, 5) is 14.6. The van der Waals surface area contributed by atoms with Crippen molar-refractivity contribution in [2.75, 3.05) is 0 Å². The molecule has 0 atom stereocenters. The van der Waals surface area contributed by atoms with Gasteiger partial charge in [-0.3, -0.25) is 0 Å².